The number of carboxylic acid groups (broad SMARTS) is 1. The summed E-state index contributed by atoms with van der Waals surface area (Å²) in [6, 6.07) is 1.41. The van der Waals surface area contributed by atoms with Crippen molar-refractivity contribution >= 4 is 46.8 Å². The van der Waals surface area contributed by atoms with Gasteiger partial charge in [-0.15, -0.1) is 11.3 Å². The van der Waals surface area contributed by atoms with Crippen LogP contribution in [-0.2, 0) is 19.1 Å². The average Bonchev–Trinajstić information content (AvgIpc) is 3.55. The fourth-order valence-corrected chi connectivity index (χ4v) is 5.70. The Hall–Kier alpha value is -3.55. The summed E-state index contributed by atoms with van der Waals surface area (Å²) >= 11 is 7.63. The lowest BCUT2D eigenvalue weighted by Crippen LogP contribution is -2.62. The number of rotatable bonds is 7. The van der Waals surface area contributed by atoms with Gasteiger partial charge >= 0.3 is 18.0 Å². The molecule has 1 unspecified atom stereocenters. The Morgan fingerprint density at radius 1 is 1.37 bits per heavy atom. The highest BCUT2D eigenvalue weighted by Crippen LogP contribution is 2.38. The van der Waals surface area contributed by atoms with E-state index >= 15 is 0 Å². The summed E-state index contributed by atoms with van der Waals surface area (Å²) < 4.78 is 24.9. The first-order valence-corrected chi connectivity index (χ1v) is 13.0. The summed E-state index contributed by atoms with van der Waals surface area (Å²) in [4.78, 5) is 49.8. The quantitative estimate of drug-likeness (QED) is 0.487. The van der Waals surface area contributed by atoms with Gasteiger partial charge in [-0.25, -0.2) is 19.0 Å². The number of cyclic esters (lactones) is 1. The summed E-state index contributed by atoms with van der Waals surface area (Å²) in [5, 5.41) is 15.3. The molecule has 11 nitrogen and oxygen atoms in total. The van der Waals surface area contributed by atoms with E-state index in [-0.39, 0.29) is 49.0 Å². The van der Waals surface area contributed by atoms with E-state index in [1.807, 2.05) is 0 Å². The number of ether oxygens (including phenoxy) is 2. The Balaban J connectivity index is 1.61. The zero-order chi connectivity index (χ0) is 27.0. The van der Waals surface area contributed by atoms with E-state index in [2.05, 4.69) is 15.3 Å². The number of nitrogens with zero attached hydrogens (tertiary/aromatic N) is 4. The fraction of sp³-hybridized carbons (Fsp3) is 0.375. The van der Waals surface area contributed by atoms with Gasteiger partial charge in [0.05, 0.1) is 23.2 Å². The van der Waals surface area contributed by atoms with E-state index < -0.39 is 42.0 Å². The molecule has 2 saturated heterocycles. The number of esters is 1. The first kappa shape index (κ1) is 26.1. The SMILES string of the molecule is CCOC(=O)C1=C(CN2CCN3C(=O)OC[C@H]3C2C(=O)O)NC(c2nccs2)=N[C@H]1c1cccc(F)c1Cl. The molecule has 0 spiro atoms. The lowest BCUT2D eigenvalue weighted by molar-refractivity contribution is -0.147. The molecule has 2 N–H and O–H groups in total. The van der Waals surface area contributed by atoms with E-state index in [0.717, 1.165) is 0 Å². The van der Waals surface area contributed by atoms with Gasteiger partial charge in [-0.3, -0.25) is 19.6 Å². The van der Waals surface area contributed by atoms with Crippen LogP contribution in [0.2, 0.25) is 5.02 Å². The van der Waals surface area contributed by atoms with Gasteiger partial charge in [-0.05, 0) is 13.0 Å². The molecule has 5 rings (SSSR count). The monoisotopic (exact) mass is 563 g/mol. The smallest absolute Gasteiger partial charge is 0.410 e. The molecule has 1 aromatic carbocycles. The molecular weight excluding hydrogens is 541 g/mol. The number of halogens is 2. The number of aliphatic imine (C=N–C) groups is 1. The molecule has 2 fully saturated rings. The van der Waals surface area contributed by atoms with Crippen molar-refractivity contribution in [2.24, 2.45) is 4.99 Å². The van der Waals surface area contributed by atoms with Crippen molar-refractivity contribution in [2.75, 3.05) is 32.8 Å². The van der Waals surface area contributed by atoms with Gasteiger partial charge in [0.2, 0.25) is 0 Å². The molecule has 0 radical (unpaired) electrons. The second-order valence-corrected chi connectivity index (χ2v) is 9.96. The van der Waals surface area contributed by atoms with E-state index in [0.29, 0.717) is 16.5 Å². The maximum Gasteiger partial charge on any atom is 0.410 e. The number of hydrogen-bond acceptors (Lipinski definition) is 10. The molecule has 0 saturated carbocycles. The largest absolute Gasteiger partial charge is 0.480 e. The molecule has 0 aliphatic carbocycles. The number of carboxylic acids is 1. The molecule has 4 heterocycles. The first-order valence-electron chi connectivity index (χ1n) is 11.8. The van der Waals surface area contributed by atoms with E-state index in [9.17, 15) is 23.9 Å². The summed E-state index contributed by atoms with van der Waals surface area (Å²) in [6.07, 6.45) is 1.04. The van der Waals surface area contributed by atoms with Crippen molar-refractivity contribution in [1.82, 2.24) is 20.1 Å². The number of thiazole rings is 1. The predicted molar refractivity (Wildman–Crippen MR) is 134 cm³/mol. The number of fused-ring (bicyclic) bond motifs is 1. The van der Waals surface area contributed by atoms with Crippen LogP contribution in [0.4, 0.5) is 9.18 Å². The van der Waals surface area contributed by atoms with Crippen molar-refractivity contribution in [2.45, 2.75) is 25.0 Å². The molecule has 3 atom stereocenters. The van der Waals surface area contributed by atoms with Crippen molar-refractivity contribution in [3.63, 3.8) is 0 Å². The van der Waals surface area contributed by atoms with Gasteiger partial charge in [0.25, 0.3) is 0 Å². The predicted octanol–water partition coefficient (Wildman–Crippen LogP) is 2.43. The highest BCUT2D eigenvalue weighted by Gasteiger charge is 2.48. The fourth-order valence-electron chi connectivity index (χ4n) is 4.88. The van der Waals surface area contributed by atoms with Crippen LogP contribution in [0, 0.1) is 5.82 Å². The minimum atomic E-state index is -1.13. The number of piperazine rings is 1. The molecule has 0 bridgehead atoms. The van der Waals surface area contributed by atoms with Crippen LogP contribution in [0.15, 0.2) is 46.0 Å². The molecule has 3 aliphatic rings. The van der Waals surface area contributed by atoms with Crippen LogP contribution in [0.5, 0.6) is 0 Å². The van der Waals surface area contributed by atoms with Crippen molar-refractivity contribution in [3.8, 4) is 0 Å². The van der Waals surface area contributed by atoms with Crippen LogP contribution >= 0.6 is 22.9 Å². The van der Waals surface area contributed by atoms with Gasteiger partial charge in [-0.2, -0.15) is 0 Å². The van der Waals surface area contributed by atoms with E-state index in [1.54, 1.807) is 29.5 Å². The second kappa shape index (κ2) is 10.7. The van der Waals surface area contributed by atoms with E-state index in [4.69, 9.17) is 21.1 Å². The maximum atomic E-state index is 14.5. The Labute approximate surface area is 225 Å². The lowest BCUT2D eigenvalue weighted by Gasteiger charge is -2.41. The van der Waals surface area contributed by atoms with Gasteiger partial charge in [0.1, 0.15) is 24.5 Å². The minimum Gasteiger partial charge on any atom is -0.480 e. The Morgan fingerprint density at radius 2 is 2.18 bits per heavy atom. The minimum absolute atomic E-state index is 0.0303. The van der Waals surface area contributed by atoms with Crippen LogP contribution in [0.25, 0.3) is 0 Å². The normalized spacial score (nSPS) is 23.4. The maximum absolute atomic E-state index is 14.5. The number of aromatic nitrogens is 1. The van der Waals surface area contributed by atoms with Crippen LogP contribution in [-0.4, -0.2) is 88.7 Å². The summed E-state index contributed by atoms with van der Waals surface area (Å²) in [6.45, 7) is 2.09. The topological polar surface area (TPSA) is 134 Å². The standard InChI is InChI=1S/C24H23ClFN5O6S/c1-2-36-23(34)16-14(10-30-7-8-31-15(11-37-24(31)35)19(30)22(32)33)28-20(21-27-6-9-38-21)29-18(16)12-4-3-5-13(26)17(12)25/h3-6,9,15,18-19H,2,7-8,10-11H2,1H3,(H,28,29)(H,32,33)/t15-,18-,19?/m0/s1. The zero-order valence-electron chi connectivity index (χ0n) is 20.1. The zero-order valence-corrected chi connectivity index (χ0v) is 21.7. The number of carbonyl (C=O) groups is 3. The van der Waals surface area contributed by atoms with Crippen LogP contribution in [0.3, 0.4) is 0 Å². The van der Waals surface area contributed by atoms with Gasteiger partial charge in [0, 0.05) is 42.5 Å². The average molecular weight is 564 g/mol. The van der Waals surface area contributed by atoms with Gasteiger partial charge < -0.3 is 19.9 Å². The summed E-state index contributed by atoms with van der Waals surface area (Å²) in [5.74, 6) is -2.19. The van der Waals surface area contributed by atoms with Crippen molar-refractivity contribution < 1.29 is 33.4 Å². The molecule has 1 amide bonds. The lowest BCUT2D eigenvalue weighted by atomic mass is 9.94. The first-order chi connectivity index (χ1) is 18.3. The Kier molecular flexibility index (Phi) is 7.32. The van der Waals surface area contributed by atoms with Gasteiger partial charge in [0.15, 0.2) is 10.8 Å². The number of benzene rings is 1. The Bertz CT molecular complexity index is 1340. The number of amides is 1. The summed E-state index contributed by atoms with van der Waals surface area (Å²) in [5.41, 5.74) is 0.640. The van der Waals surface area contributed by atoms with Crippen molar-refractivity contribution in [1.29, 1.82) is 0 Å². The number of amidine groups is 1. The third-order valence-electron chi connectivity index (χ3n) is 6.54. The summed E-state index contributed by atoms with van der Waals surface area (Å²) in [7, 11) is 0. The third kappa shape index (κ3) is 4.72. The highest BCUT2D eigenvalue weighted by atomic mass is 35.5. The number of aliphatic carboxylic acids is 1. The highest BCUT2D eigenvalue weighted by molar-refractivity contribution is 7.11. The molecule has 14 heteroatoms. The molecule has 38 heavy (non-hydrogen) atoms. The second-order valence-electron chi connectivity index (χ2n) is 8.69. The number of carbonyl (C=O) groups excluding carboxylic acids is 2. The van der Waals surface area contributed by atoms with Crippen molar-refractivity contribution in [3.05, 3.63) is 62.5 Å². The number of nitrogens with one attached hydrogen (secondary N) is 1. The van der Waals surface area contributed by atoms with Gasteiger partial charge in [-0.1, -0.05) is 23.7 Å². The van der Waals surface area contributed by atoms with Crippen LogP contribution in [0.1, 0.15) is 23.5 Å². The number of hydrogen-bond donors (Lipinski definition) is 2. The molecular formula is C24H23ClFN5O6S. The third-order valence-corrected chi connectivity index (χ3v) is 7.72. The molecule has 3 aliphatic heterocycles. The van der Waals surface area contributed by atoms with Crippen LogP contribution < -0.4 is 5.32 Å². The van der Waals surface area contributed by atoms with E-state index in [1.165, 1.54) is 28.4 Å². The molecule has 200 valence electrons. The molecule has 2 aromatic rings. The molecule has 1 aromatic heterocycles. The Morgan fingerprint density at radius 3 is 2.89 bits per heavy atom.